The van der Waals surface area contributed by atoms with Gasteiger partial charge >= 0.3 is 0 Å². The molecule has 0 aromatic rings. The standard InChI is InChI=1S/C11H20N2O4/c1-4-17-11(16)10(12)9(7(2)13-3)8(15)5-6-14/h11,14,16H,4-6,12H2,1-3H3/b10-9+,13-7?. The van der Waals surface area contributed by atoms with Crippen LogP contribution in [0.3, 0.4) is 0 Å². The Balaban J connectivity index is 5.28. The summed E-state index contributed by atoms with van der Waals surface area (Å²) in [5, 5.41) is 18.3. The number of carbonyl (C=O) groups excluding carboxylic acids is 1. The molecule has 0 spiro atoms. The number of aliphatic hydroxyl groups is 2. The number of nitrogens with two attached hydrogens (primary N) is 1. The van der Waals surface area contributed by atoms with Gasteiger partial charge in [0.25, 0.3) is 0 Å². The maximum atomic E-state index is 11.7. The monoisotopic (exact) mass is 244 g/mol. The summed E-state index contributed by atoms with van der Waals surface area (Å²) >= 11 is 0. The summed E-state index contributed by atoms with van der Waals surface area (Å²) < 4.78 is 4.91. The molecule has 0 fully saturated rings. The highest BCUT2D eigenvalue weighted by atomic mass is 16.6. The zero-order valence-corrected chi connectivity index (χ0v) is 10.4. The Kier molecular flexibility index (Phi) is 7.36. The van der Waals surface area contributed by atoms with Gasteiger partial charge in [-0.1, -0.05) is 0 Å². The molecule has 0 heterocycles. The predicted octanol–water partition coefficient (Wildman–Crippen LogP) is -0.404. The number of Topliss-reactive ketones (excluding diaryl/α,β-unsaturated/α-hetero) is 1. The van der Waals surface area contributed by atoms with Crippen LogP contribution in [0.15, 0.2) is 16.3 Å². The number of nitrogens with zero attached hydrogens (tertiary/aromatic N) is 1. The summed E-state index contributed by atoms with van der Waals surface area (Å²) in [5.74, 6) is -0.369. The highest BCUT2D eigenvalue weighted by molar-refractivity contribution is 6.22. The topological polar surface area (TPSA) is 105 Å². The minimum Gasteiger partial charge on any atom is -0.397 e. The Hall–Kier alpha value is -1.24. The lowest BCUT2D eigenvalue weighted by Crippen LogP contribution is -2.28. The molecular weight excluding hydrogens is 224 g/mol. The maximum absolute atomic E-state index is 11.7. The first-order chi connectivity index (χ1) is 7.99. The van der Waals surface area contributed by atoms with Gasteiger partial charge in [-0.25, -0.2) is 0 Å². The van der Waals surface area contributed by atoms with E-state index in [-0.39, 0.29) is 36.7 Å². The largest absolute Gasteiger partial charge is 0.397 e. The maximum Gasteiger partial charge on any atom is 0.196 e. The molecule has 0 saturated heterocycles. The third kappa shape index (κ3) is 4.64. The van der Waals surface area contributed by atoms with Crippen LogP contribution in [0.5, 0.6) is 0 Å². The van der Waals surface area contributed by atoms with Crippen molar-refractivity contribution in [2.75, 3.05) is 20.3 Å². The lowest BCUT2D eigenvalue weighted by Gasteiger charge is -2.15. The number of aliphatic imine (C=N–C) groups is 1. The molecule has 4 N–H and O–H groups in total. The van der Waals surface area contributed by atoms with Crippen LogP contribution in [0.4, 0.5) is 0 Å². The van der Waals surface area contributed by atoms with Crippen molar-refractivity contribution in [3.63, 3.8) is 0 Å². The molecule has 17 heavy (non-hydrogen) atoms. The first-order valence-corrected chi connectivity index (χ1v) is 5.36. The number of allylic oxidation sites excluding steroid dienone is 1. The first kappa shape index (κ1) is 15.8. The van der Waals surface area contributed by atoms with Gasteiger partial charge in [0.1, 0.15) is 0 Å². The molecule has 0 aliphatic rings. The lowest BCUT2D eigenvalue weighted by molar-refractivity contribution is -0.116. The fourth-order valence-electron chi connectivity index (χ4n) is 1.28. The Bertz CT molecular complexity index is 323. The third-order valence-corrected chi connectivity index (χ3v) is 2.19. The second kappa shape index (κ2) is 7.94. The molecule has 0 aromatic heterocycles. The van der Waals surface area contributed by atoms with E-state index in [0.717, 1.165) is 0 Å². The second-order valence-electron chi connectivity index (χ2n) is 3.34. The van der Waals surface area contributed by atoms with Crippen LogP contribution >= 0.6 is 0 Å². The van der Waals surface area contributed by atoms with Gasteiger partial charge in [-0.05, 0) is 13.8 Å². The molecule has 1 unspecified atom stereocenters. The van der Waals surface area contributed by atoms with Crippen molar-refractivity contribution in [3.8, 4) is 0 Å². The van der Waals surface area contributed by atoms with Crippen molar-refractivity contribution in [1.29, 1.82) is 0 Å². The molecule has 0 amide bonds. The molecule has 6 heteroatoms. The number of carbonyl (C=O) groups is 1. The van der Waals surface area contributed by atoms with E-state index in [9.17, 15) is 9.90 Å². The summed E-state index contributed by atoms with van der Waals surface area (Å²) in [6.45, 7) is 3.30. The SMILES string of the molecule is CCOC(O)/C(N)=C(\C(=O)CCO)C(C)=NC. The van der Waals surface area contributed by atoms with E-state index in [1.807, 2.05) is 0 Å². The van der Waals surface area contributed by atoms with E-state index < -0.39 is 6.29 Å². The van der Waals surface area contributed by atoms with Crippen molar-refractivity contribution >= 4 is 11.5 Å². The average molecular weight is 244 g/mol. The normalized spacial score (nSPS) is 15.5. The predicted molar refractivity (Wildman–Crippen MR) is 64.6 cm³/mol. The van der Waals surface area contributed by atoms with Crippen LogP contribution in [-0.4, -0.2) is 48.3 Å². The summed E-state index contributed by atoms with van der Waals surface area (Å²) in [4.78, 5) is 15.6. The van der Waals surface area contributed by atoms with Crippen molar-refractivity contribution < 1.29 is 19.7 Å². The van der Waals surface area contributed by atoms with E-state index >= 15 is 0 Å². The van der Waals surface area contributed by atoms with Crippen molar-refractivity contribution in [3.05, 3.63) is 11.3 Å². The van der Waals surface area contributed by atoms with Gasteiger partial charge in [-0.2, -0.15) is 0 Å². The van der Waals surface area contributed by atoms with Gasteiger partial charge in [-0.3, -0.25) is 9.79 Å². The van der Waals surface area contributed by atoms with E-state index in [2.05, 4.69) is 4.99 Å². The van der Waals surface area contributed by atoms with Gasteiger partial charge in [0.2, 0.25) is 0 Å². The van der Waals surface area contributed by atoms with Gasteiger partial charge in [0.15, 0.2) is 12.1 Å². The van der Waals surface area contributed by atoms with Gasteiger partial charge < -0.3 is 20.7 Å². The van der Waals surface area contributed by atoms with Crippen LogP contribution < -0.4 is 5.73 Å². The van der Waals surface area contributed by atoms with E-state index in [4.69, 9.17) is 15.6 Å². The molecule has 0 aliphatic carbocycles. The van der Waals surface area contributed by atoms with Crippen molar-refractivity contribution in [2.24, 2.45) is 10.7 Å². The molecular formula is C11H20N2O4. The summed E-state index contributed by atoms with van der Waals surface area (Å²) in [6.07, 6.45) is -1.41. The number of hydrogen-bond acceptors (Lipinski definition) is 6. The first-order valence-electron chi connectivity index (χ1n) is 5.36. The average Bonchev–Trinajstić information content (AvgIpc) is 2.29. The van der Waals surface area contributed by atoms with Crippen LogP contribution in [0, 0.1) is 0 Å². The molecule has 0 radical (unpaired) electrons. The highest BCUT2D eigenvalue weighted by Crippen LogP contribution is 2.11. The van der Waals surface area contributed by atoms with Gasteiger partial charge in [0, 0.05) is 25.8 Å². The summed E-state index contributed by atoms with van der Waals surface area (Å²) in [5.41, 5.74) is 6.12. The lowest BCUT2D eigenvalue weighted by atomic mass is 10.0. The number of ketones is 1. The molecule has 6 nitrogen and oxygen atoms in total. The summed E-state index contributed by atoms with van der Waals surface area (Å²) in [7, 11) is 1.52. The highest BCUT2D eigenvalue weighted by Gasteiger charge is 2.20. The molecule has 1 atom stereocenters. The zero-order valence-electron chi connectivity index (χ0n) is 10.4. The number of ether oxygens (including phenoxy) is 1. The van der Waals surface area contributed by atoms with E-state index in [0.29, 0.717) is 5.71 Å². The van der Waals surface area contributed by atoms with Crippen molar-refractivity contribution in [1.82, 2.24) is 0 Å². The quantitative estimate of drug-likeness (QED) is 0.321. The molecule has 0 aliphatic heterocycles. The number of aliphatic hydroxyl groups excluding tert-OH is 2. The van der Waals surface area contributed by atoms with Gasteiger partial charge in [-0.15, -0.1) is 0 Å². The van der Waals surface area contributed by atoms with Crippen LogP contribution in [-0.2, 0) is 9.53 Å². The smallest absolute Gasteiger partial charge is 0.196 e. The van der Waals surface area contributed by atoms with Crippen LogP contribution in [0.25, 0.3) is 0 Å². The summed E-state index contributed by atoms with van der Waals surface area (Å²) in [6, 6.07) is 0. The van der Waals surface area contributed by atoms with Crippen molar-refractivity contribution in [2.45, 2.75) is 26.6 Å². The van der Waals surface area contributed by atoms with E-state index in [1.54, 1.807) is 13.8 Å². The van der Waals surface area contributed by atoms with Crippen LogP contribution in [0.2, 0.25) is 0 Å². The Morgan fingerprint density at radius 1 is 1.53 bits per heavy atom. The number of rotatable bonds is 7. The molecule has 0 rings (SSSR count). The van der Waals surface area contributed by atoms with E-state index in [1.165, 1.54) is 7.05 Å². The fourth-order valence-corrected chi connectivity index (χ4v) is 1.28. The fraction of sp³-hybridized carbons (Fsp3) is 0.636. The molecule has 0 bridgehead atoms. The second-order valence-corrected chi connectivity index (χ2v) is 3.34. The molecule has 0 saturated carbocycles. The van der Waals surface area contributed by atoms with Gasteiger partial charge in [0.05, 0.1) is 17.9 Å². The molecule has 98 valence electrons. The Morgan fingerprint density at radius 3 is 2.53 bits per heavy atom. The zero-order chi connectivity index (χ0) is 13.4. The Labute approximate surface area is 101 Å². The minimum atomic E-state index is -1.34. The number of hydrogen-bond donors (Lipinski definition) is 3. The van der Waals surface area contributed by atoms with Crippen LogP contribution in [0.1, 0.15) is 20.3 Å². The third-order valence-electron chi connectivity index (χ3n) is 2.19. The Morgan fingerprint density at radius 2 is 2.12 bits per heavy atom. The molecule has 0 aromatic carbocycles. The minimum absolute atomic E-state index is 0.0677.